The molecule has 6 nitrogen and oxygen atoms in total. The van der Waals surface area contributed by atoms with Crippen LogP contribution >= 0.6 is 69.6 Å². The van der Waals surface area contributed by atoms with Crippen molar-refractivity contribution in [1.82, 2.24) is 15.3 Å². The van der Waals surface area contributed by atoms with Gasteiger partial charge in [0, 0.05) is 29.0 Å². The average Bonchev–Trinajstić information content (AvgIpc) is 2.71. The Bertz CT molecular complexity index is 952. The Morgan fingerprint density at radius 2 is 1.26 bits per heavy atom. The monoisotopic (exact) mass is 541 g/mol. The van der Waals surface area contributed by atoms with Gasteiger partial charge in [-0.1, -0.05) is 69.6 Å². The van der Waals surface area contributed by atoms with Gasteiger partial charge < -0.3 is 15.2 Å². The van der Waals surface area contributed by atoms with Crippen molar-refractivity contribution < 1.29 is 14.6 Å². The summed E-state index contributed by atoms with van der Waals surface area (Å²) in [6.07, 6.45) is 4.18. The number of hydrogen-bond acceptors (Lipinski definition) is 5. The molecule has 3 aromatic rings. The lowest BCUT2D eigenvalue weighted by Gasteiger charge is -2.12. The molecule has 31 heavy (non-hydrogen) atoms. The maximum atomic E-state index is 11.1. The number of rotatable bonds is 5. The van der Waals surface area contributed by atoms with Gasteiger partial charge in [0.25, 0.3) is 5.91 Å². The van der Waals surface area contributed by atoms with E-state index < -0.39 is 0 Å². The second-order valence-electron chi connectivity index (χ2n) is 5.61. The van der Waals surface area contributed by atoms with Gasteiger partial charge in [0.15, 0.2) is 11.5 Å². The molecule has 1 heterocycles. The number of hydrogen-bond donors (Lipinski definition) is 2. The normalized spacial score (nSPS) is 10.2. The molecule has 3 rings (SSSR count). The first-order valence-corrected chi connectivity index (χ1v) is 10.6. The van der Waals surface area contributed by atoms with Gasteiger partial charge >= 0.3 is 0 Å². The molecule has 0 aliphatic carbocycles. The maximum absolute atomic E-state index is 11.1. The zero-order chi connectivity index (χ0) is 23.0. The number of nitrogens with zero attached hydrogens (tertiary/aromatic N) is 2. The fourth-order valence-corrected chi connectivity index (χ4v) is 3.83. The quantitative estimate of drug-likeness (QED) is 0.379. The summed E-state index contributed by atoms with van der Waals surface area (Å²) in [5, 5.41) is 12.7. The van der Waals surface area contributed by atoms with Crippen LogP contribution in [-0.4, -0.2) is 34.1 Å². The highest BCUT2D eigenvalue weighted by atomic mass is 35.5. The molecule has 0 unspecified atom stereocenters. The van der Waals surface area contributed by atoms with E-state index in [4.69, 9.17) is 79.4 Å². The lowest BCUT2D eigenvalue weighted by Crippen LogP contribution is -2.26. The first-order valence-electron chi connectivity index (χ1n) is 8.34. The van der Waals surface area contributed by atoms with E-state index in [9.17, 15) is 4.79 Å². The molecule has 2 N–H and O–H groups in total. The van der Waals surface area contributed by atoms with E-state index in [0.717, 1.165) is 0 Å². The summed E-state index contributed by atoms with van der Waals surface area (Å²) >= 11 is 35.7. The second kappa shape index (κ2) is 12.5. The minimum atomic E-state index is -0.273. The van der Waals surface area contributed by atoms with E-state index in [1.165, 1.54) is 43.0 Å². The summed E-state index contributed by atoms with van der Waals surface area (Å²) in [5.74, 6) is 0.169. The molecule has 0 atom stereocenters. The highest BCUT2D eigenvalue weighted by Crippen LogP contribution is 2.44. The predicted molar refractivity (Wildman–Crippen MR) is 124 cm³/mol. The van der Waals surface area contributed by atoms with Gasteiger partial charge in [0.2, 0.25) is 0 Å². The fourth-order valence-electron chi connectivity index (χ4n) is 2.04. The van der Waals surface area contributed by atoms with E-state index in [1.807, 2.05) is 0 Å². The Hall–Kier alpha value is -1.51. The van der Waals surface area contributed by atoms with Gasteiger partial charge in [0.1, 0.15) is 6.33 Å². The minimum absolute atomic E-state index is 0.0700. The van der Waals surface area contributed by atoms with Crippen molar-refractivity contribution in [2.75, 3.05) is 13.2 Å². The number of nitrogens with one attached hydrogen (secondary N) is 1. The Kier molecular flexibility index (Phi) is 10.4. The number of halogens is 6. The molecule has 0 spiro atoms. The first kappa shape index (κ1) is 25.7. The van der Waals surface area contributed by atoms with E-state index in [2.05, 4.69) is 15.3 Å². The van der Waals surface area contributed by atoms with Crippen LogP contribution in [0.5, 0.6) is 11.5 Å². The molecule has 0 saturated heterocycles. The number of ether oxygens (including phenoxy) is 1. The van der Waals surface area contributed by atoms with Crippen LogP contribution in [0.15, 0.2) is 43.0 Å². The Morgan fingerprint density at radius 3 is 1.65 bits per heavy atom. The zero-order valence-electron chi connectivity index (χ0n) is 15.4. The third-order valence-electron chi connectivity index (χ3n) is 3.35. The van der Waals surface area contributed by atoms with Gasteiger partial charge in [-0.2, -0.15) is 0 Å². The Labute approximate surface area is 208 Å². The van der Waals surface area contributed by atoms with E-state index >= 15 is 0 Å². The van der Waals surface area contributed by atoms with E-state index in [1.54, 1.807) is 0 Å². The van der Waals surface area contributed by atoms with Crippen LogP contribution in [-0.2, 0) is 0 Å². The number of aromatic nitrogens is 2. The van der Waals surface area contributed by atoms with Crippen molar-refractivity contribution in [1.29, 1.82) is 0 Å². The molecule has 0 aliphatic heterocycles. The molecular formula is C19H13Cl6N3O3. The molecule has 0 fully saturated rings. The zero-order valence-corrected chi connectivity index (χ0v) is 19.9. The number of amides is 1. The standard InChI is InChI=1S/C12H4Cl6O.C7H9N3O2/c13-5-1-7(15)11(8(16)2-5)19-12-9(17)3-6(14)4-10(12)18;11-2-1-10-7(12)6-3-8-5-9-4-6/h1-4H;3-5,11H,1-2H2,(H,10,12). The summed E-state index contributed by atoms with van der Waals surface area (Å²) in [4.78, 5) is 18.5. The number of carbonyl (C=O) groups excluding carboxylic acids is 1. The molecule has 0 bridgehead atoms. The molecule has 12 heteroatoms. The van der Waals surface area contributed by atoms with Crippen LogP contribution < -0.4 is 10.1 Å². The second-order valence-corrected chi connectivity index (χ2v) is 8.11. The topological polar surface area (TPSA) is 84.3 Å². The van der Waals surface area contributed by atoms with Gasteiger partial charge in [-0.15, -0.1) is 0 Å². The molecule has 2 aromatic carbocycles. The van der Waals surface area contributed by atoms with E-state index in [0.29, 0.717) is 15.6 Å². The fraction of sp³-hybridized carbons (Fsp3) is 0.105. The molecule has 0 saturated carbocycles. The van der Waals surface area contributed by atoms with Gasteiger partial charge in [-0.3, -0.25) is 4.79 Å². The average molecular weight is 544 g/mol. The summed E-state index contributed by atoms with van der Waals surface area (Å²) in [7, 11) is 0. The number of aliphatic hydroxyl groups is 1. The largest absolute Gasteiger partial charge is 0.451 e. The summed E-state index contributed by atoms with van der Waals surface area (Å²) in [6, 6.07) is 6.01. The first-order chi connectivity index (χ1) is 14.7. The van der Waals surface area contributed by atoms with Crippen molar-refractivity contribution in [3.05, 3.63) is 78.7 Å². The highest BCUT2D eigenvalue weighted by Gasteiger charge is 2.15. The minimum Gasteiger partial charge on any atom is -0.451 e. The number of aliphatic hydroxyl groups excluding tert-OH is 1. The van der Waals surface area contributed by atoms with Crippen molar-refractivity contribution in [2.45, 2.75) is 0 Å². The van der Waals surface area contributed by atoms with Gasteiger partial charge in [0.05, 0.1) is 32.3 Å². The SMILES string of the molecule is Clc1cc(Cl)c(Oc2c(Cl)cc(Cl)cc2Cl)c(Cl)c1.O=C(NCCO)c1cncnc1. The summed E-state index contributed by atoms with van der Waals surface area (Å²) in [6.45, 7) is 0.174. The number of benzene rings is 2. The third kappa shape index (κ3) is 7.84. The Balaban J connectivity index is 0.000000245. The molecule has 1 amide bonds. The van der Waals surface area contributed by atoms with Gasteiger partial charge in [-0.25, -0.2) is 9.97 Å². The molecule has 1 aromatic heterocycles. The maximum Gasteiger partial charge on any atom is 0.254 e. The third-order valence-corrected chi connectivity index (χ3v) is 4.91. The lowest BCUT2D eigenvalue weighted by molar-refractivity contribution is 0.0944. The molecular weight excluding hydrogens is 531 g/mol. The van der Waals surface area contributed by atoms with Gasteiger partial charge in [-0.05, 0) is 24.3 Å². The van der Waals surface area contributed by atoms with Crippen LogP contribution in [0.1, 0.15) is 10.4 Å². The van der Waals surface area contributed by atoms with Crippen molar-refractivity contribution in [3.63, 3.8) is 0 Å². The molecule has 164 valence electrons. The van der Waals surface area contributed by atoms with Crippen molar-refractivity contribution in [2.24, 2.45) is 0 Å². The van der Waals surface area contributed by atoms with Crippen LogP contribution in [0, 0.1) is 0 Å². The summed E-state index contributed by atoms with van der Waals surface area (Å²) < 4.78 is 5.57. The molecule has 0 radical (unpaired) electrons. The van der Waals surface area contributed by atoms with Crippen LogP contribution in [0.3, 0.4) is 0 Å². The van der Waals surface area contributed by atoms with Crippen LogP contribution in [0.2, 0.25) is 30.1 Å². The smallest absolute Gasteiger partial charge is 0.254 e. The van der Waals surface area contributed by atoms with Crippen LogP contribution in [0.4, 0.5) is 0 Å². The van der Waals surface area contributed by atoms with Crippen LogP contribution in [0.25, 0.3) is 0 Å². The van der Waals surface area contributed by atoms with Crippen molar-refractivity contribution >= 4 is 75.5 Å². The lowest BCUT2D eigenvalue weighted by atomic mass is 10.3. The summed E-state index contributed by atoms with van der Waals surface area (Å²) in [5.41, 5.74) is 0.394. The predicted octanol–water partition coefficient (Wildman–Crippen LogP) is 6.60. The Morgan fingerprint density at radius 1 is 0.839 bits per heavy atom. The van der Waals surface area contributed by atoms with E-state index in [-0.39, 0.29) is 50.6 Å². The highest BCUT2D eigenvalue weighted by molar-refractivity contribution is 6.41. The number of carbonyl (C=O) groups is 1. The van der Waals surface area contributed by atoms with Crippen molar-refractivity contribution in [3.8, 4) is 11.5 Å². The molecule has 0 aliphatic rings.